The highest BCUT2D eigenvalue weighted by atomic mass is 32.1. The second-order valence-corrected chi connectivity index (χ2v) is 4.51. The number of rotatable bonds is 3. The topological polar surface area (TPSA) is 43.1 Å². The summed E-state index contributed by atoms with van der Waals surface area (Å²) in [6, 6.07) is 11.5. The molecule has 1 aromatic heterocycles. The van der Waals surface area contributed by atoms with E-state index in [4.69, 9.17) is 0 Å². The van der Waals surface area contributed by atoms with Crippen molar-refractivity contribution in [3.63, 3.8) is 0 Å². The third-order valence-corrected chi connectivity index (χ3v) is 3.50. The lowest BCUT2D eigenvalue weighted by Crippen LogP contribution is -1.80. The van der Waals surface area contributed by atoms with Gasteiger partial charge in [-0.25, -0.2) is 0 Å². The standard InChI is InChI=1S/C12H11NO2S/c1-2-9-3-5-10(6-4-9)11-7-8-12(16-11)13(14)15/h3-8H,2H2,1H3. The van der Waals surface area contributed by atoms with Gasteiger partial charge in [-0.15, -0.1) is 0 Å². The predicted octanol–water partition coefficient (Wildman–Crippen LogP) is 3.89. The summed E-state index contributed by atoms with van der Waals surface area (Å²) in [6.45, 7) is 2.10. The maximum absolute atomic E-state index is 10.6. The summed E-state index contributed by atoms with van der Waals surface area (Å²) < 4.78 is 0. The van der Waals surface area contributed by atoms with Gasteiger partial charge in [0.2, 0.25) is 0 Å². The van der Waals surface area contributed by atoms with Crippen molar-refractivity contribution in [2.24, 2.45) is 0 Å². The zero-order chi connectivity index (χ0) is 11.5. The van der Waals surface area contributed by atoms with Gasteiger partial charge in [-0.1, -0.05) is 42.5 Å². The largest absolute Gasteiger partial charge is 0.324 e. The van der Waals surface area contributed by atoms with Crippen molar-refractivity contribution < 1.29 is 4.92 Å². The van der Waals surface area contributed by atoms with E-state index in [0.29, 0.717) is 0 Å². The van der Waals surface area contributed by atoms with Crippen molar-refractivity contribution >= 4 is 16.3 Å². The number of thiophene rings is 1. The van der Waals surface area contributed by atoms with Crippen molar-refractivity contribution in [3.05, 3.63) is 52.1 Å². The van der Waals surface area contributed by atoms with E-state index in [1.807, 2.05) is 12.1 Å². The Hall–Kier alpha value is -1.68. The van der Waals surface area contributed by atoms with Gasteiger partial charge in [0.05, 0.1) is 4.92 Å². The smallest absolute Gasteiger partial charge is 0.258 e. The Morgan fingerprint density at radius 1 is 1.19 bits per heavy atom. The first-order chi connectivity index (χ1) is 7.70. The first-order valence-electron chi connectivity index (χ1n) is 5.04. The van der Waals surface area contributed by atoms with E-state index < -0.39 is 0 Å². The normalized spacial score (nSPS) is 10.3. The molecule has 0 radical (unpaired) electrons. The highest BCUT2D eigenvalue weighted by molar-refractivity contribution is 7.18. The molecule has 0 N–H and O–H groups in total. The summed E-state index contributed by atoms with van der Waals surface area (Å²) in [5.74, 6) is 0. The Morgan fingerprint density at radius 2 is 1.88 bits per heavy atom. The van der Waals surface area contributed by atoms with Crippen LogP contribution in [0.2, 0.25) is 0 Å². The number of hydrogen-bond donors (Lipinski definition) is 0. The molecule has 4 heteroatoms. The van der Waals surface area contributed by atoms with Crippen LogP contribution in [0.15, 0.2) is 36.4 Å². The Morgan fingerprint density at radius 3 is 2.38 bits per heavy atom. The minimum absolute atomic E-state index is 0.189. The molecule has 0 unspecified atom stereocenters. The molecule has 0 aliphatic carbocycles. The van der Waals surface area contributed by atoms with Gasteiger partial charge in [0.1, 0.15) is 0 Å². The third kappa shape index (κ3) is 2.12. The van der Waals surface area contributed by atoms with E-state index in [2.05, 4.69) is 19.1 Å². The molecule has 0 saturated carbocycles. The number of nitrogens with zero attached hydrogens (tertiary/aromatic N) is 1. The molecule has 82 valence electrons. The van der Waals surface area contributed by atoms with Crippen molar-refractivity contribution in [2.75, 3.05) is 0 Å². The molecule has 2 rings (SSSR count). The summed E-state index contributed by atoms with van der Waals surface area (Å²) in [4.78, 5) is 11.1. The number of hydrogen-bond acceptors (Lipinski definition) is 3. The van der Waals surface area contributed by atoms with Crippen LogP contribution in [0.4, 0.5) is 5.00 Å². The van der Waals surface area contributed by atoms with Crippen LogP contribution in [0.25, 0.3) is 10.4 Å². The first-order valence-corrected chi connectivity index (χ1v) is 5.86. The molecule has 3 nitrogen and oxygen atoms in total. The molecule has 0 bridgehead atoms. The quantitative estimate of drug-likeness (QED) is 0.596. The Balaban J connectivity index is 2.31. The average molecular weight is 233 g/mol. The first kappa shape index (κ1) is 10.8. The molecular formula is C12H11NO2S. The van der Waals surface area contributed by atoms with Crippen molar-refractivity contribution in [3.8, 4) is 10.4 Å². The molecule has 0 aliphatic heterocycles. The van der Waals surface area contributed by atoms with Crippen LogP contribution in [0.3, 0.4) is 0 Å². The lowest BCUT2D eigenvalue weighted by atomic mass is 10.1. The predicted molar refractivity (Wildman–Crippen MR) is 65.8 cm³/mol. The maximum atomic E-state index is 10.6. The van der Waals surface area contributed by atoms with Crippen LogP contribution in [0.5, 0.6) is 0 Å². The fourth-order valence-electron chi connectivity index (χ4n) is 1.49. The van der Waals surface area contributed by atoms with Crippen molar-refractivity contribution in [1.29, 1.82) is 0 Å². The molecule has 0 spiro atoms. The van der Waals surface area contributed by atoms with Crippen LogP contribution in [0.1, 0.15) is 12.5 Å². The van der Waals surface area contributed by atoms with Gasteiger partial charge in [0.15, 0.2) is 0 Å². The lowest BCUT2D eigenvalue weighted by Gasteiger charge is -1.98. The molecule has 1 aromatic carbocycles. The molecule has 0 fully saturated rings. The summed E-state index contributed by atoms with van der Waals surface area (Å²) in [5.41, 5.74) is 2.31. The molecule has 0 atom stereocenters. The molecule has 0 aliphatic rings. The second-order valence-electron chi connectivity index (χ2n) is 3.45. The molecule has 0 amide bonds. The highest BCUT2D eigenvalue weighted by Gasteiger charge is 2.10. The maximum Gasteiger partial charge on any atom is 0.324 e. The molecule has 16 heavy (non-hydrogen) atoms. The van der Waals surface area contributed by atoms with Gasteiger partial charge in [0.25, 0.3) is 0 Å². The summed E-state index contributed by atoms with van der Waals surface area (Å²) in [7, 11) is 0. The van der Waals surface area contributed by atoms with Gasteiger partial charge in [0, 0.05) is 10.9 Å². The highest BCUT2D eigenvalue weighted by Crippen LogP contribution is 2.32. The van der Waals surface area contributed by atoms with Gasteiger partial charge in [-0.2, -0.15) is 0 Å². The minimum atomic E-state index is -0.353. The molecule has 0 saturated heterocycles. The van der Waals surface area contributed by atoms with Gasteiger partial charge >= 0.3 is 5.00 Å². The zero-order valence-electron chi connectivity index (χ0n) is 8.84. The summed E-state index contributed by atoms with van der Waals surface area (Å²) in [6.07, 6.45) is 1.00. The number of aryl methyl sites for hydroxylation is 1. The van der Waals surface area contributed by atoms with Crippen LogP contribution < -0.4 is 0 Å². The summed E-state index contributed by atoms with van der Waals surface area (Å²) in [5, 5.41) is 10.8. The fourth-order valence-corrected chi connectivity index (χ4v) is 2.31. The molecule has 1 heterocycles. The van der Waals surface area contributed by atoms with Crippen LogP contribution in [-0.2, 0) is 6.42 Å². The van der Waals surface area contributed by atoms with E-state index in [1.54, 1.807) is 12.1 Å². The molecule has 2 aromatic rings. The second kappa shape index (κ2) is 4.45. The fraction of sp³-hybridized carbons (Fsp3) is 0.167. The number of benzene rings is 1. The monoisotopic (exact) mass is 233 g/mol. The SMILES string of the molecule is CCc1ccc(-c2ccc([N+](=O)[O-])s2)cc1. The van der Waals surface area contributed by atoms with Crippen LogP contribution in [-0.4, -0.2) is 4.92 Å². The van der Waals surface area contributed by atoms with E-state index in [0.717, 1.165) is 16.9 Å². The Labute approximate surface area is 97.5 Å². The average Bonchev–Trinajstić information content (AvgIpc) is 2.78. The minimum Gasteiger partial charge on any atom is -0.258 e. The van der Waals surface area contributed by atoms with Gasteiger partial charge in [-0.05, 0) is 23.6 Å². The van der Waals surface area contributed by atoms with E-state index >= 15 is 0 Å². The third-order valence-electron chi connectivity index (χ3n) is 2.42. The van der Waals surface area contributed by atoms with Crippen LogP contribution >= 0.6 is 11.3 Å². The van der Waals surface area contributed by atoms with Gasteiger partial charge < -0.3 is 0 Å². The van der Waals surface area contributed by atoms with E-state index in [1.165, 1.54) is 16.9 Å². The van der Waals surface area contributed by atoms with Crippen LogP contribution in [0, 0.1) is 10.1 Å². The molecular weight excluding hydrogens is 222 g/mol. The van der Waals surface area contributed by atoms with Crippen molar-refractivity contribution in [1.82, 2.24) is 0 Å². The summed E-state index contributed by atoms with van der Waals surface area (Å²) >= 11 is 1.21. The lowest BCUT2D eigenvalue weighted by molar-refractivity contribution is -0.380. The Bertz CT molecular complexity index is 502. The zero-order valence-corrected chi connectivity index (χ0v) is 9.66. The number of nitro groups is 1. The van der Waals surface area contributed by atoms with E-state index in [-0.39, 0.29) is 9.92 Å². The van der Waals surface area contributed by atoms with Gasteiger partial charge in [-0.3, -0.25) is 10.1 Å². The van der Waals surface area contributed by atoms with Crippen molar-refractivity contribution in [2.45, 2.75) is 13.3 Å². The Kier molecular flexibility index (Phi) is 3.01. The van der Waals surface area contributed by atoms with E-state index in [9.17, 15) is 10.1 Å².